The molecule has 0 aromatic heterocycles. The standard InChI is InChI=1S/C11H12F3NO3/c12-11(13,14)18-17-10-6-7-15(10)16-8-9-4-2-1-3-5-9/h1-5,10H,6-8H2. The minimum Gasteiger partial charge on any atom is -0.292 e. The first-order valence-electron chi connectivity index (χ1n) is 5.39. The van der Waals surface area contributed by atoms with Gasteiger partial charge in [0.1, 0.15) is 0 Å². The molecule has 0 amide bonds. The van der Waals surface area contributed by atoms with Crippen molar-refractivity contribution >= 4 is 0 Å². The predicted octanol–water partition coefficient (Wildman–Crippen LogP) is 2.62. The van der Waals surface area contributed by atoms with Crippen LogP contribution in [0.15, 0.2) is 30.3 Å². The second-order valence-electron chi connectivity index (χ2n) is 3.77. The average Bonchev–Trinajstić information content (AvgIpc) is 2.28. The van der Waals surface area contributed by atoms with Gasteiger partial charge in [0.05, 0.1) is 6.61 Å². The lowest BCUT2D eigenvalue weighted by Gasteiger charge is -2.37. The topological polar surface area (TPSA) is 30.9 Å². The van der Waals surface area contributed by atoms with E-state index in [1.54, 1.807) is 0 Å². The van der Waals surface area contributed by atoms with Crippen LogP contribution in [0.1, 0.15) is 12.0 Å². The Labute approximate surface area is 102 Å². The largest absolute Gasteiger partial charge is 0.549 e. The Balaban J connectivity index is 1.71. The highest BCUT2D eigenvalue weighted by Gasteiger charge is 2.37. The molecule has 0 N–H and O–H groups in total. The van der Waals surface area contributed by atoms with Crippen molar-refractivity contribution < 1.29 is 27.8 Å². The van der Waals surface area contributed by atoms with Crippen LogP contribution in [-0.2, 0) is 21.2 Å². The van der Waals surface area contributed by atoms with Crippen LogP contribution in [0.25, 0.3) is 0 Å². The highest BCUT2D eigenvalue weighted by atomic mass is 19.4. The maximum Gasteiger partial charge on any atom is 0.549 e. The first kappa shape index (κ1) is 13.3. The van der Waals surface area contributed by atoms with Gasteiger partial charge in [-0.3, -0.25) is 4.84 Å². The van der Waals surface area contributed by atoms with Crippen molar-refractivity contribution in [3.05, 3.63) is 35.9 Å². The van der Waals surface area contributed by atoms with E-state index in [2.05, 4.69) is 9.78 Å². The lowest BCUT2D eigenvalue weighted by molar-refractivity contribution is -0.530. The van der Waals surface area contributed by atoms with E-state index in [4.69, 9.17) is 4.84 Å². The Morgan fingerprint density at radius 3 is 2.50 bits per heavy atom. The molecule has 100 valence electrons. The van der Waals surface area contributed by atoms with Crippen LogP contribution >= 0.6 is 0 Å². The molecule has 0 spiro atoms. The summed E-state index contributed by atoms with van der Waals surface area (Å²) in [6.07, 6.45) is -5.17. The quantitative estimate of drug-likeness (QED) is 0.603. The molecule has 1 heterocycles. The van der Waals surface area contributed by atoms with Crippen LogP contribution < -0.4 is 0 Å². The molecular formula is C11H12F3NO3. The third-order valence-corrected chi connectivity index (χ3v) is 2.41. The predicted molar refractivity (Wildman–Crippen MR) is 54.6 cm³/mol. The van der Waals surface area contributed by atoms with Gasteiger partial charge < -0.3 is 0 Å². The number of nitrogens with zero attached hydrogens (tertiary/aromatic N) is 1. The molecule has 4 nitrogen and oxygen atoms in total. The molecule has 1 atom stereocenters. The summed E-state index contributed by atoms with van der Waals surface area (Å²) in [5.74, 6) is 0. The van der Waals surface area contributed by atoms with Crippen molar-refractivity contribution in [2.75, 3.05) is 6.54 Å². The van der Waals surface area contributed by atoms with Crippen LogP contribution in [0.5, 0.6) is 0 Å². The number of benzene rings is 1. The van der Waals surface area contributed by atoms with E-state index in [1.165, 1.54) is 5.06 Å². The van der Waals surface area contributed by atoms with Gasteiger partial charge >= 0.3 is 6.36 Å². The molecule has 1 aromatic carbocycles. The summed E-state index contributed by atoms with van der Waals surface area (Å²) in [5, 5.41) is 1.32. The molecule has 1 saturated heterocycles. The van der Waals surface area contributed by atoms with Gasteiger partial charge in [0, 0.05) is 13.0 Å². The number of alkyl halides is 3. The Morgan fingerprint density at radius 2 is 1.94 bits per heavy atom. The smallest absolute Gasteiger partial charge is 0.292 e. The van der Waals surface area contributed by atoms with Crippen LogP contribution in [0, 0.1) is 0 Å². The van der Waals surface area contributed by atoms with E-state index in [9.17, 15) is 13.2 Å². The molecule has 0 bridgehead atoms. The zero-order valence-electron chi connectivity index (χ0n) is 9.39. The number of hydrogen-bond donors (Lipinski definition) is 0. The summed E-state index contributed by atoms with van der Waals surface area (Å²) in [5.41, 5.74) is 0.930. The zero-order chi connectivity index (χ0) is 13.0. The van der Waals surface area contributed by atoms with Crippen LogP contribution in [0.4, 0.5) is 13.2 Å². The molecular weight excluding hydrogens is 251 g/mol. The highest BCUT2D eigenvalue weighted by molar-refractivity contribution is 5.13. The lowest BCUT2D eigenvalue weighted by atomic mass is 10.2. The molecule has 7 heteroatoms. The van der Waals surface area contributed by atoms with Gasteiger partial charge in [0.2, 0.25) is 0 Å². The molecule has 0 aliphatic carbocycles. The van der Waals surface area contributed by atoms with Gasteiger partial charge in [-0.15, -0.1) is 18.1 Å². The SMILES string of the molecule is FC(F)(F)OOC1CCN1OCc1ccccc1. The van der Waals surface area contributed by atoms with E-state index < -0.39 is 12.6 Å². The molecule has 18 heavy (non-hydrogen) atoms. The number of hydroxylamine groups is 2. The summed E-state index contributed by atoms with van der Waals surface area (Å²) < 4.78 is 35.2. The van der Waals surface area contributed by atoms with E-state index in [0.29, 0.717) is 13.0 Å². The van der Waals surface area contributed by atoms with E-state index in [0.717, 1.165) is 5.56 Å². The number of hydrogen-bond acceptors (Lipinski definition) is 4. The van der Waals surface area contributed by atoms with Gasteiger partial charge in [0.25, 0.3) is 0 Å². The van der Waals surface area contributed by atoms with Crippen molar-refractivity contribution in [3.8, 4) is 0 Å². The number of halogens is 3. The second kappa shape index (κ2) is 5.66. The van der Waals surface area contributed by atoms with Crippen molar-refractivity contribution in [2.45, 2.75) is 25.6 Å². The molecule has 1 unspecified atom stereocenters. The monoisotopic (exact) mass is 263 g/mol. The maximum atomic E-state index is 11.7. The summed E-state index contributed by atoms with van der Waals surface area (Å²) in [6, 6.07) is 9.31. The third-order valence-electron chi connectivity index (χ3n) is 2.41. The van der Waals surface area contributed by atoms with Crippen LogP contribution in [0.2, 0.25) is 0 Å². The zero-order valence-corrected chi connectivity index (χ0v) is 9.39. The molecule has 0 radical (unpaired) electrons. The number of rotatable bonds is 5. The van der Waals surface area contributed by atoms with E-state index in [-0.39, 0.29) is 6.61 Å². The van der Waals surface area contributed by atoms with E-state index in [1.807, 2.05) is 30.3 Å². The minimum atomic E-state index is -4.79. The fourth-order valence-corrected chi connectivity index (χ4v) is 1.43. The molecule has 0 saturated carbocycles. The molecule has 1 aromatic rings. The van der Waals surface area contributed by atoms with E-state index >= 15 is 0 Å². The van der Waals surface area contributed by atoms with Crippen molar-refractivity contribution in [1.82, 2.24) is 5.06 Å². The Morgan fingerprint density at radius 1 is 1.22 bits per heavy atom. The van der Waals surface area contributed by atoms with Gasteiger partial charge in [-0.05, 0) is 5.56 Å². The molecule has 2 rings (SSSR count). The summed E-state index contributed by atoms with van der Waals surface area (Å²) in [6.45, 7) is 0.797. The Kier molecular flexibility index (Phi) is 4.18. The first-order valence-corrected chi connectivity index (χ1v) is 5.39. The molecule has 1 fully saturated rings. The minimum absolute atomic E-state index is 0.284. The Hall–Kier alpha value is -1.15. The van der Waals surface area contributed by atoms with Crippen molar-refractivity contribution in [2.24, 2.45) is 0 Å². The van der Waals surface area contributed by atoms with Gasteiger partial charge in [-0.25, -0.2) is 4.89 Å². The fraction of sp³-hybridized carbons (Fsp3) is 0.455. The van der Waals surface area contributed by atoms with Gasteiger partial charge in [0.15, 0.2) is 6.23 Å². The van der Waals surface area contributed by atoms with Crippen molar-refractivity contribution in [1.29, 1.82) is 0 Å². The lowest BCUT2D eigenvalue weighted by Crippen LogP contribution is -2.49. The molecule has 1 aliphatic heterocycles. The van der Waals surface area contributed by atoms with Crippen LogP contribution in [-0.4, -0.2) is 24.2 Å². The normalized spacial score (nSPS) is 20.7. The van der Waals surface area contributed by atoms with Gasteiger partial charge in [-0.1, -0.05) is 30.3 Å². The van der Waals surface area contributed by atoms with Gasteiger partial charge in [-0.2, -0.15) is 5.06 Å². The average molecular weight is 263 g/mol. The molecule has 1 aliphatic rings. The third kappa shape index (κ3) is 3.95. The highest BCUT2D eigenvalue weighted by Crippen LogP contribution is 2.24. The summed E-state index contributed by atoms with van der Waals surface area (Å²) in [4.78, 5) is 12.8. The first-order chi connectivity index (χ1) is 8.54. The fourth-order valence-electron chi connectivity index (χ4n) is 1.43. The summed E-state index contributed by atoms with van der Waals surface area (Å²) in [7, 11) is 0. The van der Waals surface area contributed by atoms with Crippen LogP contribution in [0.3, 0.4) is 0 Å². The second-order valence-corrected chi connectivity index (χ2v) is 3.77. The van der Waals surface area contributed by atoms with Crippen molar-refractivity contribution in [3.63, 3.8) is 0 Å². The maximum absolute atomic E-state index is 11.7. The summed E-state index contributed by atoms with van der Waals surface area (Å²) >= 11 is 0. The Bertz CT molecular complexity index is 372.